The molecule has 1 aromatic carbocycles. The monoisotopic (exact) mass is 269 g/mol. The van der Waals surface area contributed by atoms with Crippen molar-refractivity contribution in [1.82, 2.24) is 5.32 Å². The molecule has 17 heavy (non-hydrogen) atoms. The summed E-state index contributed by atoms with van der Waals surface area (Å²) in [5.74, 6) is 4.87. The van der Waals surface area contributed by atoms with Crippen molar-refractivity contribution in [2.24, 2.45) is 0 Å². The summed E-state index contributed by atoms with van der Waals surface area (Å²) >= 11 is 4.17. The van der Waals surface area contributed by atoms with Crippen molar-refractivity contribution < 1.29 is 4.74 Å². The maximum absolute atomic E-state index is 5.34. The lowest BCUT2D eigenvalue weighted by atomic mass is 10.2. The molecule has 1 N–H and O–H groups in total. The van der Waals surface area contributed by atoms with Crippen LogP contribution in [0.1, 0.15) is 5.56 Å². The molecule has 4 heteroatoms. The van der Waals surface area contributed by atoms with E-state index < -0.39 is 0 Å². The van der Waals surface area contributed by atoms with Crippen LogP contribution in [0.4, 0.5) is 0 Å². The van der Waals surface area contributed by atoms with Crippen LogP contribution in [-0.2, 0) is 6.54 Å². The quantitative estimate of drug-likeness (QED) is 0.887. The summed E-state index contributed by atoms with van der Waals surface area (Å²) in [6, 6.07) is 8.21. The van der Waals surface area contributed by atoms with E-state index in [9.17, 15) is 0 Å². The van der Waals surface area contributed by atoms with Gasteiger partial charge in [-0.05, 0) is 6.07 Å². The number of thioether (sulfide) groups is 2. The topological polar surface area (TPSA) is 21.3 Å². The Labute approximate surface area is 112 Å². The number of nitrogens with one attached hydrogen (secondary N) is 1. The SMILES string of the molecule is COc1ccccc1CNCC1CSCCS1. The van der Waals surface area contributed by atoms with E-state index in [4.69, 9.17) is 4.74 Å². The summed E-state index contributed by atoms with van der Waals surface area (Å²) in [5.41, 5.74) is 1.24. The zero-order valence-electron chi connectivity index (χ0n) is 10.1. The maximum Gasteiger partial charge on any atom is 0.123 e. The predicted octanol–water partition coefficient (Wildman–Crippen LogP) is 2.63. The molecule has 1 atom stereocenters. The van der Waals surface area contributed by atoms with Gasteiger partial charge in [-0.25, -0.2) is 0 Å². The van der Waals surface area contributed by atoms with E-state index in [0.717, 1.165) is 24.1 Å². The predicted molar refractivity (Wildman–Crippen MR) is 78.3 cm³/mol. The number of ether oxygens (including phenoxy) is 1. The van der Waals surface area contributed by atoms with E-state index in [1.54, 1.807) is 7.11 Å². The van der Waals surface area contributed by atoms with Gasteiger partial charge in [-0.2, -0.15) is 23.5 Å². The molecule has 0 bridgehead atoms. The number of hydrogen-bond acceptors (Lipinski definition) is 4. The van der Waals surface area contributed by atoms with Gasteiger partial charge in [-0.15, -0.1) is 0 Å². The summed E-state index contributed by atoms with van der Waals surface area (Å²) in [6.45, 7) is 1.99. The average Bonchev–Trinajstić information content (AvgIpc) is 2.40. The van der Waals surface area contributed by atoms with Gasteiger partial charge in [0.15, 0.2) is 0 Å². The lowest BCUT2D eigenvalue weighted by molar-refractivity contribution is 0.408. The molecule has 1 fully saturated rings. The number of hydrogen-bond donors (Lipinski definition) is 1. The molecular weight excluding hydrogens is 250 g/mol. The van der Waals surface area contributed by atoms with Crippen LogP contribution in [0.25, 0.3) is 0 Å². The number of benzene rings is 1. The lowest BCUT2D eigenvalue weighted by Gasteiger charge is -2.21. The van der Waals surface area contributed by atoms with E-state index in [0.29, 0.717) is 0 Å². The standard InChI is InChI=1S/C13H19NOS2/c1-15-13-5-3-2-4-11(13)8-14-9-12-10-16-6-7-17-12/h2-5,12,14H,6-10H2,1H3. The number of para-hydroxylation sites is 1. The zero-order chi connectivity index (χ0) is 11.9. The third kappa shape index (κ3) is 4.12. The van der Waals surface area contributed by atoms with Crippen molar-refractivity contribution in [3.8, 4) is 5.75 Å². The fraction of sp³-hybridized carbons (Fsp3) is 0.538. The second-order valence-electron chi connectivity index (χ2n) is 4.01. The molecule has 1 aromatic rings. The van der Waals surface area contributed by atoms with Crippen LogP contribution in [0.15, 0.2) is 24.3 Å². The van der Waals surface area contributed by atoms with Crippen molar-refractivity contribution in [2.75, 3.05) is 30.9 Å². The molecule has 94 valence electrons. The van der Waals surface area contributed by atoms with Gasteiger partial charge in [0.2, 0.25) is 0 Å². The molecule has 1 saturated heterocycles. The first kappa shape index (κ1) is 13.1. The summed E-state index contributed by atoms with van der Waals surface area (Å²) in [7, 11) is 1.73. The average molecular weight is 269 g/mol. The molecule has 0 amide bonds. The van der Waals surface area contributed by atoms with Gasteiger partial charge in [-0.3, -0.25) is 0 Å². The fourth-order valence-electron chi connectivity index (χ4n) is 1.87. The molecule has 0 spiro atoms. The molecule has 0 saturated carbocycles. The highest BCUT2D eigenvalue weighted by Gasteiger charge is 2.13. The summed E-state index contributed by atoms with van der Waals surface area (Å²) < 4.78 is 5.34. The molecule has 0 aromatic heterocycles. The van der Waals surface area contributed by atoms with Gasteiger partial charge in [0.05, 0.1) is 7.11 Å². The van der Waals surface area contributed by atoms with Crippen molar-refractivity contribution >= 4 is 23.5 Å². The molecule has 2 rings (SSSR count). The molecule has 1 unspecified atom stereocenters. The Morgan fingerprint density at radius 3 is 3.00 bits per heavy atom. The molecule has 2 nitrogen and oxygen atoms in total. The highest BCUT2D eigenvalue weighted by atomic mass is 32.2. The molecular formula is C13H19NOS2. The highest BCUT2D eigenvalue weighted by Crippen LogP contribution is 2.23. The van der Waals surface area contributed by atoms with Crippen LogP contribution in [0.5, 0.6) is 5.75 Å². The van der Waals surface area contributed by atoms with Gasteiger partial charge in [0, 0.05) is 41.2 Å². The van der Waals surface area contributed by atoms with Crippen molar-refractivity contribution in [3.63, 3.8) is 0 Å². The Hall–Kier alpha value is -0.320. The van der Waals surface area contributed by atoms with Gasteiger partial charge < -0.3 is 10.1 Å². The number of methoxy groups -OCH3 is 1. The second kappa shape index (κ2) is 7.19. The Balaban J connectivity index is 1.77. The third-order valence-corrected chi connectivity index (χ3v) is 5.61. The summed E-state index contributed by atoms with van der Waals surface area (Å²) in [5, 5.41) is 4.30. The largest absolute Gasteiger partial charge is 0.496 e. The van der Waals surface area contributed by atoms with E-state index in [-0.39, 0.29) is 0 Å². The summed E-state index contributed by atoms with van der Waals surface area (Å²) in [4.78, 5) is 0. The highest BCUT2D eigenvalue weighted by molar-refractivity contribution is 8.06. The Morgan fingerprint density at radius 1 is 1.35 bits per heavy atom. The van der Waals surface area contributed by atoms with E-state index in [1.807, 2.05) is 12.1 Å². The molecule has 0 aliphatic carbocycles. The minimum absolute atomic E-state index is 0.767. The first-order valence-electron chi connectivity index (χ1n) is 5.92. The van der Waals surface area contributed by atoms with Crippen molar-refractivity contribution in [2.45, 2.75) is 11.8 Å². The Bertz CT molecular complexity index is 340. The Morgan fingerprint density at radius 2 is 2.24 bits per heavy atom. The molecule has 1 aliphatic rings. The van der Waals surface area contributed by atoms with Gasteiger partial charge in [-0.1, -0.05) is 18.2 Å². The van der Waals surface area contributed by atoms with E-state index in [2.05, 4.69) is 41.0 Å². The fourth-order valence-corrected chi connectivity index (χ4v) is 4.52. The lowest BCUT2D eigenvalue weighted by Crippen LogP contribution is -2.28. The van der Waals surface area contributed by atoms with E-state index >= 15 is 0 Å². The van der Waals surface area contributed by atoms with Crippen LogP contribution < -0.4 is 10.1 Å². The van der Waals surface area contributed by atoms with Gasteiger partial charge in [0.25, 0.3) is 0 Å². The summed E-state index contributed by atoms with van der Waals surface area (Å²) in [6.07, 6.45) is 0. The second-order valence-corrected chi connectivity index (χ2v) is 6.57. The van der Waals surface area contributed by atoms with Gasteiger partial charge >= 0.3 is 0 Å². The maximum atomic E-state index is 5.34. The Kier molecular flexibility index (Phi) is 5.55. The van der Waals surface area contributed by atoms with Crippen molar-refractivity contribution in [1.29, 1.82) is 0 Å². The van der Waals surface area contributed by atoms with Crippen LogP contribution >= 0.6 is 23.5 Å². The van der Waals surface area contributed by atoms with Crippen LogP contribution in [0.3, 0.4) is 0 Å². The first-order valence-corrected chi connectivity index (χ1v) is 8.12. The molecule has 0 radical (unpaired) electrons. The smallest absolute Gasteiger partial charge is 0.123 e. The third-order valence-electron chi connectivity index (χ3n) is 2.76. The minimum Gasteiger partial charge on any atom is -0.496 e. The first-order chi connectivity index (χ1) is 8.40. The number of rotatable bonds is 5. The normalized spacial score (nSPS) is 20.2. The molecule has 1 heterocycles. The van der Waals surface area contributed by atoms with Gasteiger partial charge in [0.1, 0.15) is 5.75 Å². The van der Waals surface area contributed by atoms with Crippen LogP contribution in [0, 0.1) is 0 Å². The van der Waals surface area contributed by atoms with E-state index in [1.165, 1.54) is 22.8 Å². The molecule has 1 aliphatic heterocycles. The zero-order valence-corrected chi connectivity index (χ0v) is 11.8. The van der Waals surface area contributed by atoms with Crippen LogP contribution in [0.2, 0.25) is 0 Å². The van der Waals surface area contributed by atoms with Crippen LogP contribution in [-0.4, -0.2) is 36.2 Å². The van der Waals surface area contributed by atoms with Crippen molar-refractivity contribution in [3.05, 3.63) is 29.8 Å². The minimum atomic E-state index is 0.767.